The summed E-state index contributed by atoms with van der Waals surface area (Å²) < 4.78 is 72.4. The molecule has 9 nitrogen and oxygen atoms in total. The Hall–Kier alpha value is -4.72. The van der Waals surface area contributed by atoms with Crippen LogP contribution in [0.3, 0.4) is 0 Å². The first-order valence-electron chi connectivity index (χ1n) is 12.6. The van der Waals surface area contributed by atoms with E-state index in [-0.39, 0.29) is 44.7 Å². The molecular formula is C28H28F5N7O2. The molecule has 14 heteroatoms. The molecule has 4 rings (SSSR count). The predicted molar refractivity (Wildman–Crippen MR) is 151 cm³/mol. The average molecular weight is 590 g/mol. The lowest BCUT2D eigenvalue weighted by molar-refractivity contribution is -0.200. The van der Waals surface area contributed by atoms with Gasteiger partial charge in [-0.05, 0) is 32.3 Å². The van der Waals surface area contributed by atoms with Gasteiger partial charge in [-0.25, -0.2) is 9.97 Å². The molecule has 0 aliphatic heterocycles. The third-order valence-corrected chi connectivity index (χ3v) is 6.27. The van der Waals surface area contributed by atoms with Gasteiger partial charge in [0.05, 0.1) is 41.5 Å². The first kappa shape index (κ1) is 30.2. The summed E-state index contributed by atoms with van der Waals surface area (Å²) in [6.45, 7) is 1.20. The van der Waals surface area contributed by atoms with Crippen molar-refractivity contribution >= 4 is 39.8 Å². The van der Waals surface area contributed by atoms with Crippen LogP contribution in [0.5, 0.6) is 5.75 Å². The molecule has 0 spiro atoms. The largest absolute Gasteiger partial charge is 0.494 e. The van der Waals surface area contributed by atoms with Crippen LogP contribution < -0.4 is 20.3 Å². The van der Waals surface area contributed by atoms with E-state index in [0.29, 0.717) is 29.9 Å². The number of benzene rings is 2. The average Bonchev–Trinajstić information content (AvgIpc) is 3.32. The summed E-state index contributed by atoms with van der Waals surface area (Å²) in [6, 6.07) is 10.7. The number of halogens is 5. The number of carbonyl (C=O) groups excluding carboxylic acids is 1. The van der Waals surface area contributed by atoms with E-state index in [4.69, 9.17) is 4.74 Å². The van der Waals surface area contributed by atoms with Gasteiger partial charge in [-0.15, -0.1) is 13.2 Å². The van der Waals surface area contributed by atoms with E-state index >= 15 is 0 Å². The van der Waals surface area contributed by atoms with Crippen molar-refractivity contribution < 1.29 is 31.5 Å². The zero-order valence-electron chi connectivity index (χ0n) is 23.1. The van der Waals surface area contributed by atoms with Crippen molar-refractivity contribution in [3.63, 3.8) is 0 Å². The molecule has 4 aromatic rings. The highest BCUT2D eigenvalue weighted by Crippen LogP contribution is 2.39. The number of aromatic nitrogens is 3. The number of hydrogen-bond donors (Lipinski definition) is 2. The van der Waals surface area contributed by atoms with Gasteiger partial charge < -0.3 is 25.2 Å². The Kier molecular flexibility index (Phi) is 8.95. The summed E-state index contributed by atoms with van der Waals surface area (Å²) in [5.41, 5.74) is 1.41. The maximum atomic E-state index is 13.7. The summed E-state index contributed by atoms with van der Waals surface area (Å²) in [5.74, 6) is -0.697. The molecule has 2 heterocycles. The van der Waals surface area contributed by atoms with Crippen LogP contribution in [0, 0.1) is 0 Å². The van der Waals surface area contributed by atoms with Gasteiger partial charge in [0.25, 0.3) is 12.0 Å². The van der Waals surface area contributed by atoms with Gasteiger partial charge in [0.2, 0.25) is 5.95 Å². The molecule has 0 unspecified atom stereocenters. The molecule has 0 saturated heterocycles. The molecule has 2 N–H and O–H groups in total. The summed E-state index contributed by atoms with van der Waals surface area (Å²) in [7, 11) is 6.99. The number of carbonyl (C=O) groups is 1. The second-order valence-corrected chi connectivity index (χ2v) is 9.51. The number of rotatable bonds is 10. The molecule has 222 valence electrons. The Balaban J connectivity index is 1.74. The predicted octanol–water partition coefficient (Wildman–Crippen LogP) is 6.04. The molecule has 0 atom stereocenters. The van der Waals surface area contributed by atoms with Crippen LogP contribution in [0.25, 0.3) is 22.2 Å². The standard InChI is InChI=1S/C28H28F5N7O2/c1-38(2)11-12-39(3)23-14-24(42-4)21(13-20(23)35-26(41)15-25(29)30)37-27-34-10-9-19(36-27)18-16-40(28(31,32)33)22-8-6-5-7-17(18)22/h5-10,13-16H,11-12H2,1-4H3,(H,35,41)(H,34,36,37). The Labute approximate surface area is 238 Å². The Bertz CT molecular complexity index is 1610. The fraction of sp³-hybridized carbons (Fsp3) is 0.250. The first-order valence-corrected chi connectivity index (χ1v) is 12.6. The van der Waals surface area contributed by atoms with Crippen molar-refractivity contribution in [1.82, 2.24) is 19.4 Å². The summed E-state index contributed by atoms with van der Waals surface area (Å²) in [6.07, 6.45) is -4.26. The molecule has 2 aromatic carbocycles. The maximum Gasteiger partial charge on any atom is 0.488 e. The smallest absolute Gasteiger partial charge is 0.488 e. The van der Waals surface area contributed by atoms with Gasteiger partial charge in [0, 0.05) is 49.5 Å². The fourth-order valence-corrected chi connectivity index (χ4v) is 4.27. The van der Waals surface area contributed by atoms with Crippen LogP contribution >= 0.6 is 0 Å². The van der Waals surface area contributed by atoms with Crippen LogP contribution in [0.1, 0.15) is 0 Å². The van der Waals surface area contributed by atoms with E-state index in [1.54, 1.807) is 25.2 Å². The SMILES string of the molecule is COc1cc(N(C)CCN(C)C)c(NC(=O)C=C(F)F)cc1Nc1nccc(-c2cn(C(F)(F)F)c3ccccc23)n1. The highest BCUT2D eigenvalue weighted by Gasteiger charge is 2.33. The van der Waals surface area contributed by atoms with Crippen LogP contribution in [-0.2, 0) is 11.1 Å². The third-order valence-electron chi connectivity index (χ3n) is 6.27. The van der Waals surface area contributed by atoms with Crippen molar-refractivity contribution in [2.24, 2.45) is 0 Å². The highest BCUT2D eigenvalue weighted by atomic mass is 19.4. The van der Waals surface area contributed by atoms with Crippen LogP contribution in [0.15, 0.2) is 67.0 Å². The fourth-order valence-electron chi connectivity index (χ4n) is 4.27. The van der Waals surface area contributed by atoms with Crippen molar-refractivity contribution in [2.75, 3.05) is 56.9 Å². The Morgan fingerprint density at radius 3 is 2.48 bits per heavy atom. The van der Waals surface area contributed by atoms with E-state index in [1.165, 1.54) is 37.6 Å². The number of likely N-dealkylation sites (N-methyl/N-ethyl adjacent to an activating group) is 2. The van der Waals surface area contributed by atoms with Crippen LogP contribution in [0.4, 0.5) is 45.0 Å². The number of nitrogens with zero attached hydrogens (tertiary/aromatic N) is 5. The summed E-state index contributed by atoms with van der Waals surface area (Å²) in [5, 5.41) is 5.79. The van der Waals surface area contributed by atoms with Gasteiger partial charge in [-0.1, -0.05) is 18.2 Å². The van der Waals surface area contributed by atoms with Gasteiger partial charge in [0.15, 0.2) is 0 Å². The van der Waals surface area contributed by atoms with Gasteiger partial charge in [-0.2, -0.15) is 8.78 Å². The van der Waals surface area contributed by atoms with Gasteiger partial charge >= 0.3 is 6.30 Å². The second kappa shape index (κ2) is 12.4. The molecule has 0 radical (unpaired) electrons. The number of ether oxygens (including phenoxy) is 1. The monoisotopic (exact) mass is 589 g/mol. The zero-order chi connectivity index (χ0) is 30.6. The molecule has 0 saturated carbocycles. The molecular weight excluding hydrogens is 561 g/mol. The molecule has 1 amide bonds. The molecule has 42 heavy (non-hydrogen) atoms. The van der Waals surface area contributed by atoms with E-state index in [9.17, 15) is 26.7 Å². The summed E-state index contributed by atoms with van der Waals surface area (Å²) >= 11 is 0. The molecule has 0 bridgehead atoms. The van der Waals surface area contributed by atoms with Crippen LogP contribution in [0.2, 0.25) is 0 Å². The number of fused-ring (bicyclic) bond motifs is 1. The minimum absolute atomic E-state index is 0.0235. The van der Waals surface area contributed by atoms with E-state index < -0.39 is 18.3 Å². The lowest BCUT2D eigenvalue weighted by Crippen LogP contribution is -2.29. The maximum absolute atomic E-state index is 13.7. The van der Waals surface area contributed by atoms with Crippen molar-refractivity contribution in [2.45, 2.75) is 6.30 Å². The molecule has 2 aromatic heterocycles. The molecule has 0 aliphatic carbocycles. The van der Waals surface area contributed by atoms with E-state index in [1.807, 2.05) is 23.9 Å². The molecule has 0 aliphatic rings. The number of nitrogens with one attached hydrogen (secondary N) is 2. The third kappa shape index (κ3) is 6.94. The van der Waals surface area contributed by atoms with Crippen LogP contribution in [-0.4, -0.2) is 66.7 Å². The minimum Gasteiger partial charge on any atom is -0.494 e. The van der Waals surface area contributed by atoms with Crippen molar-refractivity contribution in [1.29, 1.82) is 0 Å². The quantitative estimate of drug-likeness (QED) is 0.172. The second-order valence-electron chi connectivity index (χ2n) is 9.51. The number of amides is 1. The lowest BCUT2D eigenvalue weighted by Gasteiger charge is -2.26. The van der Waals surface area contributed by atoms with Gasteiger partial charge in [0.1, 0.15) is 5.75 Å². The number of hydrogen-bond acceptors (Lipinski definition) is 7. The normalized spacial score (nSPS) is 11.5. The van der Waals surface area contributed by atoms with Gasteiger partial charge in [-0.3, -0.25) is 9.36 Å². The Morgan fingerprint density at radius 2 is 1.81 bits per heavy atom. The number of alkyl halides is 3. The Morgan fingerprint density at radius 1 is 1.07 bits per heavy atom. The first-order chi connectivity index (χ1) is 19.9. The molecule has 0 fully saturated rings. The number of anilines is 4. The minimum atomic E-state index is -4.64. The summed E-state index contributed by atoms with van der Waals surface area (Å²) in [4.78, 5) is 24.6. The topological polar surface area (TPSA) is 87.5 Å². The zero-order valence-corrected chi connectivity index (χ0v) is 23.1. The number of para-hydroxylation sites is 1. The van der Waals surface area contributed by atoms with E-state index in [0.717, 1.165) is 6.20 Å². The van der Waals surface area contributed by atoms with E-state index in [2.05, 4.69) is 20.6 Å². The lowest BCUT2D eigenvalue weighted by atomic mass is 10.1. The van der Waals surface area contributed by atoms with Crippen molar-refractivity contribution in [3.05, 3.63) is 67.0 Å². The number of methoxy groups -OCH3 is 1. The van der Waals surface area contributed by atoms with Crippen molar-refractivity contribution in [3.8, 4) is 17.0 Å². The highest BCUT2D eigenvalue weighted by molar-refractivity contribution is 6.02.